The molecule has 0 aromatic heterocycles. The van der Waals surface area contributed by atoms with Gasteiger partial charge in [-0.05, 0) is 14.1 Å². The first-order valence-corrected chi connectivity index (χ1v) is 7.41. The van der Waals surface area contributed by atoms with Crippen molar-refractivity contribution in [3.05, 3.63) is 0 Å². The molecule has 0 aromatic rings. The molecule has 20 heavy (non-hydrogen) atoms. The van der Waals surface area contributed by atoms with Gasteiger partial charge in [-0.1, -0.05) is 20.8 Å². The Hall–Kier alpha value is -0.940. The molecule has 118 valence electrons. The van der Waals surface area contributed by atoms with Crippen LogP contribution < -0.4 is 0 Å². The van der Waals surface area contributed by atoms with Crippen LogP contribution in [0.4, 0.5) is 0 Å². The first-order valence-electron chi connectivity index (χ1n) is 7.41. The molecule has 0 radical (unpaired) electrons. The summed E-state index contributed by atoms with van der Waals surface area (Å²) >= 11 is 0. The van der Waals surface area contributed by atoms with Gasteiger partial charge in [-0.2, -0.15) is 0 Å². The van der Waals surface area contributed by atoms with Gasteiger partial charge in [0, 0.05) is 45.6 Å². The van der Waals surface area contributed by atoms with Gasteiger partial charge in [-0.3, -0.25) is 14.5 Å². The van der Waals surface area contributed by atoms with Crippen molar-refractivity contribution >= 4 is 11.7 Å². The SMILES string of the molecule is CCC(=O)CN(C)CCN(C)CCN(C)C(=O)C(C)C. The van der Waals surface area contributed by atoms with Crippen LogP contribution in [0.1, 0.15) is 27.2 Å². The van der Waals surface area contributed by atoms with Gasteiger partial charge >= 0.3 is 0 Å². The highest BCUT2D eigenvalue weighted by Crippen LogP contribution is 1.99. The second-order valence-electron chi connectivity index (χ2n) is 5.85. The van der Waals surface area contributed by atoms with Crippen LogP contribution in [0.2, 0.25) is 0 Å². The van der Waals surface area contributed by atoms with Crippen molar-refractivity contribution in [2.45, 2.75) is 27.2 Å². The smallest absolute Gasteiger partial charge is 0.224 e. The van der Waals surface area contributed by atoms with E-state index in [1.54, 1.807) is 4.90 Å². The van der Waals surface area contributed by atoms with Crippen LogP contribution in [-0.4, -0.2) is 80.3 Å². The average Bonchev–Trinajstić information content (AvgIpc) is 2.41. The quantitative estimate of drug-likeness (QED) is 0.599. The third-order valence-corrected chi connectivity index (χ3v) is 3.39. The lowest BCUT2D eigenvalue weighted by atomic mass is 10.2. The zero-order valence-electron chi connectivity index (χ0n) is 14.0. The Balaban J connectivity index is 3.86. The minimum Gasteiger partial charge on any atom is -0.344 e. The third kappa shape index (κ3) is 8.27. The molecule has 1 amide bonds. The number of carbonyl (C=O) groups is 2. The summed E-state index contributed by atoms with van der Waals surface area (Å²) in [5.74, 6) is 0.512. The molecule has 0 rings (SSSR count). The van der Waals surface area contributed by atoms with Gasteiger partial charge in [0.2, 0.25) is 5.91 Å². The van der Waals surface area contributed by atoms with Gasteiger partial charge in [-0.25, -0.2) is 0 Å². The molecule has 0 N–H and O–H groups in total. The third-order valence-electron chi connectivity index (χ3n) is 3.39. The molecule has 0 atom stereocenters. The van der Waals surface area contributed by atoms with E-state index in [2.05, 4.69) is 4.90 Å². The fourth-order valence-electron chi connectivity index (χ4n) is 1.82. The maximum atomic E-state index is 11.7. The van der Waals surface area contributed by atoms with Crippen LogP contribution in [0.15, 0.2) is 0 Å². The number of amides is 1. The van der Waals surface area contributed by atoms with Crippen LogP contribution in [-0.2, 0) is 9.59 Å². The molecule has 5 nitrogen and oxygen atoms in total. The summed E-state index contributed by atoms with van der Waals surface area (Å²) in [5, 5.41) is 0. The standard InChI is InChI=1S/C15H31N3O2/c1-7-14(19)12-17(5)9-8-16(4)10-11-18(6)15(20)13(2)3/h13H,7-12H2,1-6H3. The highest BCUT2D eigenvalue weighted by molar-refractivity contribution is 5.80. The van der Waals surface area contributed by atoms with Gasteiger partial charge in [0.15, 0.2) is 0 Å². The summed E-state index contributed by atoms with van der Waals surface area (Å²) in [7, 11) is 5.86. The average molecular weight is 285 g/mol. The Bertz CT molecular complexity index is 305. The van der Waals surface area contributed by atoms with E-state index in [-0.39, 0.29) is 17.6 Å². The fraction of sp³-hybridized carbons (Fsp3) is 0.867. The van der Waals surface area contributed by atoms with Gasteiger partial charge in [-0.15, -0.1) is 0 Å². The van der Waals surface area contributed by atoms with Crippen LogP contribution in [0.25, 0.3) is 0 Å². The molecule has 0 spiro atoms. The summed E-state index contributed by atoms with van der Waals surface area (Å²) in [6, 6.07) is 0. The van der Waals surface area contributed by atoms with E-state index in [0.29, 0.717) is 13.0 Å². The molecule has 0 aliphatic carbocycles. The van der Waals surface area contributed by atoms with Crippen molar-refractivity contribution in [2.24, 2.45) is 5.92 Å². The van der Waals surface area contributed by atoms with Crippen molar-refractivity contribution in [3.8, 4) is 0 Å². The van der Waals surface area contributed by atoms with Gasteiger partial charge < -0.3 is 9.80 Å². The molecule has 0 saturated heterocycles. The van der Waals surface area contributed by atoms with Crippen LogP contribution in [0.5, 0.6) is 0 Å². The molecule has 0 aromatic carbocycles. The predicted octanol–water partition coefficient (Wildman–Crippen LogP) is 0.944. The number of carbonyl (C=O) groups excluding carboxylic acids is 2. The van der Waals surface area contributed by atoms with E-state index < -0.39 is 0 Å². The Morgan fingerprint density at radius 3 is 1.90 bits per heavy atom. The van der Waals surface area contributed by atoms with Gasteiger partial charge in [0.05, 0.1) is 6.54 Å². The number of likely N-dealkylation sites (N-methyl/N-ethyl adjacent to an activating group) is 3. The highest BCUT2D eigenvalue weighted by atomic mass is 16.2. The molecular weight excluding hydrogens is 254 g/mol. The number of nitrogens with zero attached hydrogens (tertiary/aromatic N) is 3. The van der Waals surface area contributed by atoms with Crippen LogP contribution >= 0.6 is 0 Å². The van der Waals surface area contributed by atoms with Crippen molar-refractivity contribution in [3.63, 3.8) is 0 Å². The lowest BCUT2D eigenvalue weighted by Crippen LogP contribution is -2.39. The minimum absolute atomic E-state index is 0.0523. The lowest BCUT2D eigenvalue weighted by molar-refractivity contribution is -0.133. The Kier molecular flexibility index (Phi) is 9.42. The van der Waals surface area contributed by atoms with E-state index in [9.17, 15) is 9.59 Å². The molecule has 0 fully saturated rings. The van der Waals surface area contributed by atoms with Crippen molar-refractivity contribution in [2.75, 3.05) is 53.9 Å². The zero-order valence-corrected chi connectivity index (χ0v) is 14.0. The largest absolute Gasteiger partial charge is 0.344 e. The molecule has 0 aliphatic heterocycles. The summed E-state index contributed by atoms with van der Waals surface area (Å²) < 4.78 is 0. The van der Waals surface area contributed by atoms with Crippen LogP contribution in [0, 0.1) is 5.92 Å². The number of rotatable bonds is 10. The molecule has 0 bridgehead atoms. The summed E-state index contributed by atoms with van der Waals surface area (Å²) in [4.78, 5) is 29.1. The molecule has 0 saturated carbocycles. The minimum atomic E-state index is 0.0523. The molecular formula is C15H31N3O2. The molecule has 5 heteroatoms. The number of hydrogen-bond donors (Lipinski definition) is 0. The summed E-state index contributed by atoms with van der Waals surface area (Å²) in [6.07, 6.45) is 0.599. The number of Topliss-reactive ketones (excluding diaryl/α,β-unsaturated/α-hetero) is 1. The topological polar surface area (TPSA) is 43.9 Å². The summed E-state index contributed by atoms with van der Waals surface area (Å²) in [5.41, 5.74) is 0. The predicted molar refractivity (Wildman–Crippen MR) is 82.8 cm³/mol. The van der Waals surface area contributed by atoms with Crippen molar-refractivity contribution in [1.29, 1.82) is 0 Å². The summed E-state index contributed by atoms with van der Waals surface area (Å²) in [6.45, 7) is 9.61. The molecule has 0 aliphatic rings. The lowest BCUT2D eigenvalue weighted by Gasteiger charge is -2.25. The maximum absolute atomic E-state index is 11.7. The number of ketones is 1. The maximum Gasteiger partial charge on any atom is 0.224 e. The van der Waals surface area contributed by atoms with E-state index in [1.165, 1.54) is 0 Å². The van der Waals surface area contributed by atoms with E-state index in [0.717, 1.165) is 26.2 Å². The number of hydrogen-bond acceptors (Lipinski definition) is 4. The van der Waals surface area contributed by atoms with Crippen molar-refractivity contribution < 1.29 is 9.59 Å². The van der Waals surface area contributed by atoms with Crippen molar-refractivity contribution in [1.82, 2.24) is 14.7 Å². The van der Waals surface area contributed by atoms with Crippen LogP contribution in [0.3, 0.4) is 0 Å². The Labute approximate surface area is 123 Å². The van der Waals surface area contributed by atoms with Gasteiger partial charge in [0.25, 0.3) is 0 Å². The molecule has 0 unspecified atom stereocenters. The molecule has 0 heterocycles. The monoisotopic (exact) mass is 285 g/mol. The fourth-order valence-corrected chi connectivity index (χ4v) is 1.82. The normalized spacial score (nSPS) is 11.4. The van der Waals surface area contributed by atoms with E-state index in [4.69, 9.17) is 0 Å². The van der Waals surface area contributed by atoms with Gasteiger partial charge in [0.1, 0.15) is 5.78 Å². The first kappa shape index (κ1) is 19.1. The highest BCUT2D eigenvalue weighted by Gasteiger charge is 2.13. The zero-order chi connectivity index (χ0) is 15.7. The Morgan fingerprint density at radius 1 is 0.900 bits per heavy atom. The second-order valence-corrected chi connectivity index (χ2v) is 5.85. The first-order chi connectivity index (χ1) is 9.27. The van der Waals surface area contributed by atoms with E-state index in [1.807, 2.05) is 46.8 Å². The second kappa shape index (κ2) is 9.88. The Morgan fingerprint density at radius 2 is 1.40 bits per heavy atom. The van der Waals surface area contributed by atoms with E-state index >= 15 is 0 Å².